The Morgan fingerprint density at radius 3 is 2.47 bits per heavy atom. The number of carbonyl (C=O) groups excluding carboxylic acids is 1. The van der Waals surface area contributed by atoms with E-state index in [2.05, 4.69) is 10.3 Å². The van der Waals surface area contributed by atoms with Gasteiger partial charge in [-0.3, -0.25) is 4.79 Å². The molecular weight excluding hydrogens is 468 g/mol. The Bertz CT molecular complexity index is 1220. The number of carbonyl (C=O) groups is 1. The molecule has 32 heavy (non-hydrogen) atoms. The van der Waals surface area contributed by atoms with Crippen LogP contribution in [0.4, 0.5) is 5.69 Å². The van der Waals surface area contributed by atoms with E-state index < -0.39 is 15.9 Å². The number of imidazole rings is 1. The number of piperidine rings is 1. The molecule has 0 radical (unpaired) electrons. The highest BCUT2D eigenvalue weighted by Crippen LogP contribution is 2.29. The summed E-state index contributed by atoms with van der Waals surface area (Å²) in [5.41, 5.74) is 0.839. The molecule has 0 spiro atoms. The lowest BCUT2D eigenvalue weighted by molar-refractivity contribution is 0.102. The highest BCUT2D eigenvalue weighted by Gasteiger charge is 2.28. The predicted molar refractivity (Wildman–Crippen MR) is 126 cm³/mol. The van der Waals surface area contributed by atoms with E-state index in [1.165, 1.54) is 34.3 Å². The Morgan fingerprint density at radius 2 is 1.81 bits per heavy atom. The molecule has 2 aromatic carbocycles. The Morgan fingerprint density at radius 1 is 1.09 bits per heavy atom. The van der Waals surface area contributed by atoms with Gasteiger partial charge >= 0.3 is 0 Å². The molecular formula is C22H23ClN4O3S2. The number of anilines is 1. The molecule has 10 heteroatoms. The summed E-state index contributed by atoms with van der Waals surface area (Å²) < 4.78 is 29.4. The molecule has 1 aromatic heterocycles. The number of rotatable bonds is 6. The first-order valence-electron chi connectivity index (χ1n) is 10.2. The normalized spacial score (nSPS) is 14.9. The number of hydrogen-bond donors (Lipinski definition) is 1. The van der Waals surface area contributed by atoms with Crippen molar-refractivity contribution in [2.75, 3.05) is 18.4 Å². The highest BCUT2D eigenvalue weighted by molar-refractivity contribution is 7.99. The van der Waals surface area contributed by atoms with Crippen LogP contribution < -0.4 is 5.32 Å². The van der Waals surface area contributed by atoms with Crippen LogP contribution in [-0.2, 0) is 17.1 Å². The maximum Gasteiger partial charge on any atom is 0.255 e. The minimum Gasteiger partial charge on any atom is -0.329 e. The second-order valence-electron chi connectivity index (χ2n) is 7.51. The Kier molecular flexibility index (Phi) is 6.90. The topological polar surface area (TPSA) is 84.3 Å². The van der Waals surface area contributed by atoms with Gasteiger partial charge in [0, 0.05) is 48.7 Å². The monoisotopic (exact) mass is 490 g/mol. The Hall–Kier alpha value is -2.33. The van der Waals surface area contributed by atoms with Crippen molar-refractivity contribution in [3.05, 3.63) is 65.4 Å². The van der Waals surface area contributed by atoms with Crippen LogP contribution in [0.3, 0.4) is 0 Å². The molecule has 4 rings (SSSR count). The molecule has 0 atom stereocenters. The van der Waals surface area contributed by atoms with Crippen molar-refractivity contribution in [2.24, 2.45) is 7.05 Å². The van der Waals surface area contributed by atoms with Gasteiger partial charge in [-0.15, -0.1) is 0 Å². The average molecular weight is 491 g/mol. The van der Waals surface area contributed by atoms with Crippen molar-refractivity contribution in [1.29, 1.82) is 0 Å². The second kappa shape index (κ2) is 9.66. The largest absolute Gasteiger partial charge is 0.329 e. The lowest BCUT2D eigenvalue weighted by atomic mass is 10.2. The summed E-state index contributed by atoms with van der Waals surface area (Å²) in [6.45, 7) is 0.940. The van der Waals surface area contributed by atoms with E-state index in [0.29, 0.717) is 18.8 Å². The Balaban J connectivity index is 1.49. The molecule has 1 saturated heterocycles. The molecule has 0 saturated carbocycles. The molecule has 3 aromatic rings. The summed E-state index contributed by atoms with van der Waals surface area (Å²) >= 11 is 7.72. The number of halogens is 1. The first-order chi connectivity index (χ1) is 15.3. The van der Waals surface area contributed by atoms with Gasteiger partial charge in [0.1, 0.15) is 4.90 Å². The van der Waals surface area contributed by atoms with Gasteiger partial charge in [0.15, 0.2) is 5.16 Å². The summed E-state index contributed by atoms with van der Waals surface area (Å²) in [5.74, 6) is -0.402. The minimum absolute atomic E-state index is 0.0319. The van der Waals surface area contributed by atoms with Crippen molar-refractivity contribution < 1.29 is 13.2 Å². The minimum atomic E-state index is -3.74. The molecule has 2 heterocycles. The molecule has 1 aliphatic heterocycles. The molecule has 7 nitrogen and oxygen atoms in total. The van der Waals surface area contributed by atoms with E-state index in [1.54, 1.807) is 18.3 Å². The third-order valence-electron chi connectivity index (χ3n) is 5.22. The van der Waals surface area contributed by atoms with Crippen LogP contribution in [0.25, 0.3) is 0 Å². The zero-order valence-electron chi connectivity index (χ0n) is 17.5. The van der Waals surface area contributed by atoms with E-state index in [4.69, 9.17) is 11.6 Å². The van der Waals surface area contributed by atoms with Gasteiger partial charge < -0.3 is 9.88 Å². The van der Waals surface area contributed by atoms with Crippen LogP contribution in [0.1, 0.15) is 29.6 Å². The van der Waals surface area contributed by atoms with Crippen molar-refractivity contribution >= 4 is 45.0 Å². The van der Waals surface area contributed by atoms with Gasteiger partial charge in [0.2, 0.25) is 10.0 Å². The summed E-state index contributed by atoms with van der Waals surface area (Å²) in [4.78, 5) is 18.0. The lowest BCUT2D eigenvalue weighted by Gasteiger charge is -2.26. The number of aromatic nitrogens is 2. The maximum absolute atomic E-state index is 13.0. The van der Waals surface area contributed by atoms with Crippen LogP contribution in [0.15, 0.2) is 69.8 Å². The molecule has 1 aliphatic rings. The molecule has 1 N–H and O–H groups in total. The molecule has 1 fully saturated rings. The van der Waals surface area contributed by atoms with E-state index in [0.717, 1.165) is 29.3 Å². The standard InChI is InChI=1S/C22H23ClN4O3S2/c1-26-14-11-24-22(26)31-18-8-6-17(7-9-18)25-21(28)16-5-10-19(23)20(15-16)32(29,30)27-12-3-2-4-13-27/h5-11,14-15H,2-4,12-13H2,1H3,(H,25,28). The molecule has 1 amide bonds. The first-order valence-corrected chi connectivity index (χ1v) is 12.8. The predicted octanol–water partition coefficient (Wildman–Crippen LogP) is 4.65. The third kappa shape index (κ3) is 5.01. The summed E-state index contributed by atoms with van der Waals surface area (Å²) in [6.07, 6.45) is 6.28. The zero-order chi connectivity index (χ0) is 22.7. The van der Waals surface area contributed by atoms with Gasteiger partial charge in [-0.2, -0.15) is 4.31 Å². The SMILES string of the molecule is Cn1ccnc1Sc1ccc(NC(=O)c2ccc(Cl)c(S(=O)(=O)N3CCCCC3)c2)cc1. The van der Waals surface area contributed by atoms with Crippen LogP contribution in [0.2, 0.25) is 5.02 Å². The number of nitrogens with one attached hydrogen (secondary N) is 1. The third-order valence-corrected chi connectivity index (χ3v) is 8.69. The molecule has 0 aliphatic carbocycles. The van der Waals surface area contributed by atoms with Gasteiger partial charge in [-0.1, -0.05) is 29.8 Å². The quantitative estimate of drug-likeness (QED) is 0.543. The maximum atomic E-state index is 13.0. The van der Waals surface area contributed by atoms with Crippen LogP contribution in [0.5, 0.6) is 0 Å². The number of amides is 1. The Labute approximate surface area is 196 Å². The zero-order valence-corrected chi connectivity index (χ0v) is 19.9. The molecule has 0 bridgehead atoms. The number of benzene rings is 2. The van der Waals surface area contributed by atoms with Crippen LogP contribution in [0, 0.1) is 0 Å². The fraction of sp³-hybridized carbons (Fsp3) is 0.273. The lowest BCUT2D eigenvalue weighted by Crippen LogP contribution is -2.35. The second-order valence-corrected chi connectivity index (χ2v) is 10.9. The smallest absolute Gasteiger partial charge is 0.255 e. The number of aryl methyl sites for hydroxylation is 1. The fourth-order valence-electron chi connectivity index (χ4n) is 3.45. The fourth-order valence-corrected chi connectivity index (χ4v) is 6.27. The molecule has 0 unspecified atom stereocenters. The van der Waals surface area contributed by atoms with Gasteiger partial charge in [0.25, 0.3) is 5.91 Å². The van der Waals surface area contributed by atoms with Crippen LogP contribution >= 0.6 is 23.4 Å². The van der Waals surface area contributed by atoms with E-state index in [1.807, 2.05) is 29.9 Å². The van der Waals surface area contributed by atoms with E-state index >= 15 is 0 Å². The van der Waals surface area contributed by atoms with Crippen molar-refractivity contribution in [2.45, 2.75) is 34.2 Å². The number of hydrogen-bond acceptors (Lipinski definition) is 5. The van der Waals surface area contributed by atoms with Gasteiger partial charge in [-0.25, -0.2) is 13.4 Å². The highest BCUT2D eigenvalue weighted by atomic mass is 35.5. The first kappa shape index (κ1) is 22.8. The van der Waals surface area contributed by atoms with Gasteiger partial charge in [-0.05, 0) is 55.3 Å². The summed E-state index contributed by atoms with van der Waals surface area (Å²) in [6, 6.07) is 11.7. The van der Waals surface area contributed by atoms with Crippen molar-refractivity contribution in [1.82, 2.24) is 13.9 Å². The summed E-state index contributed by atoms with van der Waals surface area (Å²) in [5, 5.41) is 3.79. The summed E-state index contributed by atoms with van der Waals surface area (Å²) in [7, 11) is -1.82. The number of nitrogens with zero attached hydrogens (tertiary/aromatic N) is 3. The molecule has 168 valence electrons. The van der Waals surface area contributed by atoms with Crippen molar-refractivity contribution in [3.8, 4) is 0 Å². The van der Waals surface area contributed by atoms with Crippen LogP contribution in [-0.4, -0.2) is 41.3 Å². The van der Waals surface area contributed by atoms with E-state index in [-0.39, 0.29) is 15.5 Å². The van der Waals surface area contributed by atoms with E-state index in [9.17, 15) is 13.2 Å². The number of sulfonamides is 1. The van der Waals surface area contributed by atoms with Crippen molar-refractivity contribution in [3.63, 3.8) is 0 Å². The average Bonchev–Trinajstić information content (AvgIpc) is 3.20. The van der Waals surface area contributed by atoms with Gasteiger partial charge in [0.05, 0.1) is 5.02 Å².